The quantitative estimate of drug-likeness (QED) is 0.0395. The van der Waals surface area contributed by atoms with Gasteiger partial charge >= 0.3 is 0 Å². The molecule has 1 heterocycles. The van der Waals surface area contributed by atoms with Crippen LogP contribution in [0.4, 0.5) is 0 Å². The summed E-state index contributed by atoms with van der Waals surface area (Å²) in [6.45, 7) is 9.32. The zero-order chi connectivity index (χ0) is 22.6. The van der Waals surface area contributed by atoms with Gasteiger partial charge in [-0.3, -0.25) is 0 Å². The molecular weight excluding hydrogens is 462 g/mol. The van der Waals surface area contributed by atoms with Crippen LogP contribution in [0.2, 0.25) is 13.1 Å². The second-order valence-electron chi connectivity index (χ2n) is 6.84. The number of aromatic nitrogens is 2. The van der Waals surface area contributed by atoms with E-state index >= 15 is 0 Å². The van der Waals surface area contributed by atoms with Crippen LogP contribution in [-0.4, -0.2) is 88.7 Å². The third-order valence-corrected chi connectivity index (χ3v) is 8.16. The van der Waals surface area contributed by atoms with E-state index in [0.29, 0.717) is 72.6 Å². The van der Waals surface area contributed by atoms with Crippen LogP contribution in [0.3, 0.4) is 0 Å². The van der Waals surface area contributed by atoms with Crippen molar-refractivity contribution in [3.63, 3.8) is 0 Å². The number of hydrogen-bond donors (Lipinski definition) is 0. The number of thioether (sulfide) groups is 1. The number of azide groups is 1. The summed E-state index contributed by atoms with van der Waals surface area (Å²) in [6.07, 6.45) is 3.56. The van der Waals surface area contributed by atoms with E-state index in [1.165, 1.54) is 0 Å². The van der Waals surface area contributed by atoms with Crippen molar-refractivity contribution in [2.24, 2.45) is 5.11 Å². The van der Waals surface area contributed by atoms with Crippen LogP contribution in [0, 0.1) is 0 Å². The molecule has 0 unspecified atom stereocenters. The Bertz CT molecular complexity index is 620. The number of ether oxygens (including phenoxy) is 5. The first-order valence-electron chi connectivity index (χ1n) is 10.0. The molecule has 176 valence electrons. The molecule has 0 aliphatic heterocycles. The second kappa shape index (κ2) is 18.6. The van der Waals surface area contributed by atoms with Crippen LogP contribution in [0.5, 0.6) is 0 Å². The monoisotopic (exact) mass is 493 g/mol. The maximum Gasteiger partial charge on any atom is 0.187 e. The molecule has 31 heavy (non-hydrogen) atoms. The molecule has 10 nitrogen and oxygen atoms in total. The highest BCUT2D eigenvalue weighted by molar-refractivity contribution is 8.01. The summed E-state index contributed by atoms with van der Waals surface area (Å²) >= 11 is 7.90. The number of halogens is 1. The highest BCUT2D eigenvalue weighted by Gasteiger charge is 2.17. The minimum absolute atomic E-state index is 0.334. The smallest absolute Gasteiger partial charge is 0.187 e. The van der Waals surface area contributed by atoms with Crippen molar-refractivity contribution in [1.82, 2.24) is 9.97 Å². The van der Waals surface area contributed by atoms with E-state index in [1.54, 1.807) is 24.2 Å². The second-order valence-corrected chi connectivity index (χ2v) is 15.2. The predicted octanol–water partition coefficient (Wildman–Crippen LogP) is 3.45. The van der Waals surface area contributed by atoms with Crippen molar-refractivity contribution in [3.05, 3.63) is 28.4 Å². The van der Waals surface area contributed by atoms with Gasteiger partial charge in [0.1, 0.15) is 0 Å². The van der Waals surface area contributed by atoms with Crippen molar-refractivity contribution in [1.29, 1.82) is 0 Å². The Labute approximate surface area is 193 Å². The van der Waals surface area contributed by atoms with Gasteiger partial charge in [0.2, 0.25) is 0 Å². The van der Waals surface area contributed by atoms with Crippen LogP contribution in [0.15, 0.2) is 22.7 Å². The Balaban J connectivity index is 1.86. The Morgan fingerprint density at radius 3 is 1.87 bits per heavy atom. The molecule has 0 spiro atoms. The lowest BCUT2D eigenvalue weighted by molar-refractivity contribution is -0.0120. The van der Waals surface area contributed by atoms with Crippen LogP contribution in [-0.2, 0) is 30.3 Å². The van der Waals surface area contributed by atoms with Crippen molar-refractivity contribution >= 4 is 30.2 Å². The fourth-order valence-corrected chi connectivity index (χ4v) is 4.58. The molecule has 0 fully saturated rings. The molecule has 1 rings (SSSR count). The number of hydrogen-bond acceptors (Lipinski definition) is 9. The average molecular weight is 494 g/mol. The molecule has 0 aliphatic carbocycles. The molecule has 0 aromatic carbocycles. The van der Waals surface area contributed by atoms with E-state index in [-0.39, 0.29) is 0 Å². The summed E-state index contributed by atoms with van der Waals surface area (Å²) in [7, 11) is -1.62. The van der Waals surface area contributed by atoms with E-state index in [1.807, 2.05) is 0 Å². The van der Waals surface area contributed by atoms with Crippen molar-refractivity contribution < 1.29 is 23.7 Å². The molecule has 13 heteroatoms. The lowest BCUT2D eigenvalue weighted by atomic mass is 10.4. The van der Waals surface area contributed by atoms with Gasteiger partial charge in [-0.05, 0) is 5.53 Å². The molecule has 0 saturated heterocycles. The molecule has 1 aromatic heterocycles. The van der Waals surface area contributed by atoms with Gasteiger partial charge < -0.3 is 23.7 Å². The molecular formula is C18H32ClN5O5SSi. The van der Waals surface area contributed by atoms with E-state index in [4.69, 9.17) is 40.3 Å². The van der Waals surface area contributed by atoms with Crippen molar-refractivity contribution in [2.75, 3.05) is 71.4 Å². The predicted molar refractivity (Wildman–Crippen MR) is 123 cm³/mol. The topological polar surface area (TPSA) is 121 Å². The molecule has 0 radical (unpaired) electrons. The Morgan fingerprint density at radius 1 is 0.903 bits per heavy atom. The van der Waals surface area contributed by atoms with E-state index in [9.17, 15) is 0 Å². The number of nitrogens with zero attached hydrogens (tertiary/aromatic N) is 5. The zero-order valence-corrected chi connectivity index (χ0v) is 20.8. The SMILES string of the molecule is C[Si](C)(Cl)CSc1ncc(COCCOCCOCCOCCOCCN=[N+]=[N-])cn1. The summed E-state index contributed by atoms with van der Waals surface area (Å²) in [4.78, 5) is 11.3. The lowest BCUT2D eigenvalue weighted by Gasteiger charge is -2.11. The molecule has 0 amide bonds. The van der Waals surface area contributed by atoms with Gasteiger partial charge in [-0.1, -0.05) is 30.0 Å². The summed E-state index contributed by atoms with van der Waals surface area (Å²) < 4.78 is 27.0. The lowest BCUT2D eigenvalue weighted by Crippen LogP contribution is -2.20. The maximum atomic E-state index is 8.11. The van der Waals surface area contributed by atoms with Gasteiger partial charge in [0, 0.05) is 34.8 Å². The first kappa shape index (κ1) is 28.1. The Kier molecular flexibility index (Phi) is 16.9. The fourth-order valence-electron chi connectivity index (χ4n) is 1.95. The third kappa shape index (κ3) is 18.3. The van der Waals surface area contributed by atoms with E-state index < -0.39 is 7.38 Å². The van der Waals surface area contributed by atoms with Gasteiger partial charge in [-0.2, -0.15) is 11.1 Å². The van der Waals surface area contributed by atoms with Gasteiger partial charge in [0.25, 0.3) is 0 Å². The van der Waals surface area contributed by atoms with E-state index in [0.717, 1.165) is 16.1 Å². The molecule has 0 saturated carbocycles. The molecule has 0 atom stereocenters. The normalized spacial score (nSPS) is 11.5. The van der Waals surface area contributed by atoms with Crippen LogP contribution < -0.4 is 0 Å². The first-order chi connectivity index (χ1) is 15.0. The Morgan fingerprint density at radius 2 is 1.39 bits per heavy atom. The van der Waals surface area contributed by atoms with Crippen molar-refractivity contribution in [3.8, 4) is 0 Å². The summed E-state index contributed by atoms with van der Waals surface area (Å²) in [6, 6.07) is 0. The highest BCUT2D eigenvalue weighted by atomic mass is 35.6. The molecule has 1 aromatic rings. The minimum atomic E-state index is -1.62. The Hall–Kier alpha value is -0.953. The molecule has 0 bridgehead atoms. The van der Waals surface area contributed by atoms with Crippen LogP contribution >= 0.6 is 22.8 Å². The van der Waals surface area contributed by atoms with Gasteiger partial charge in [0.15, 0.2) is 12.5 Å². The zero-order valence-electron chi connectivity index (χ0n) is 18.2. The standard InChI is InChI=1S/C18H32ClN5O5SSi/c1-31(2,19)16-30-18-21-13-17(14-22-18)15-29-12-11-28-10-9-27-8-7-26-6-5-25-4-3-23-24-20/h13-14H,3-12,15-16H2,1-2H3. The van der Waals surface area contributed by atoms with Gasteiger partial charge in [-0.15, -0.1) is 0 Å². The van der Waals surface area contributed by atoms with Gasteiger partial charge in [0.05, 0.1) is 66.1 Å². The van der Waals surface area contributed by atoms with Crippen LogP contribution in [0.25, 0.3) is 10.4 Å². The van der Waals surface area contributed by atoms with Crippen LogP contribution in [0.1, 0.15) is 5.56 Å². The average Bonchev–Trinajstić information content (AvgIpc) is 2.75. The maximum absolute atomic E-state index is 8.11. The fraction of sp³-hybridized carbons (Fsp3) is 0.778. The molecule has 0 N–H and O–H groups in total. The van der Waals surface area contributed by atoms with E-state index in [2.05, 4.69) is 33.1 Å². The summed E-state index contributed by atoms with van der Waals surface area (Å²) in [5, 5.41) is 4.99. The molecule has 0 aliphatic rings. The minimum Gasteiger partial charge on any atom is -0.379 e. The highest BCUT2D eigenvalue weighted by Crippen LogP contribution is 2.20. The van der Waals surface area contributed by atoms with Gasteiger partial charge in [-0.25, -0.2) is 9.97 Å². The van der Waals surface area contributed by atoms with Crippen molar-refractivity contribution in [2.45, 2.75) is 24.9 Å². The third-order valence-electron chi connectivity index (χ3n) is 3.38. The largest absolute Gasteiger partial charge is 0.379 e. The number of rotatable bonds is 20. The summed E-state index contributed by atoms with van der Waals surface area (Å²) in [5.41, 5.74) is 9.03. The first-order valence-corrected chi connectivity index (χ1v) is 15.2. The summed E-state index contributed by atoms with van der Waals surface area (Å²) in [5.74, 6) is 0.